The minimum absolute atomic E-state index is 0.361. The molecule has 0 aliphatic heterocycles. The molecule has 104 valence electrons. The Morgan fingerprint density at radius 1 is 1.32 bits per heavy atom. The van der Waals surface area contributed by atoms with E-state index in [4.69, 9.17) is 0 Å². The molecule has 19 heavy (non-hydrogen) atoms. The number of thiophene rings is 1. The van der Waals surface area contributed by atoms with Crippen LogP contribution in [-0.2, 0) is 12.8 Å². The van der Waals surface area contributed by atoms with Crippen molar-refractivity contribution in [1.82, 2.24) is 14.9 Å². The van der Waals surface area contributed by atoms with Crippen molar-refractivity contribution in [3.8, 4) is 0 Å². The summed E-state index contributed by atoms with van der Waals surface area (Å²) in [5.41, 5.74) is 1.18. The molecule has 2 aromatic heterocycles. The summed E-state index contributed by atoms with van der Waals surface area (Å²) in [5.74, 6) is 0. The third-order valence-corrected chi connectivity index (χ3v) is 4.79. The molecule has 0 bridgehead atoms. The average Bonchev–Trinajstić information content (AvgIpc) is 3.06. The lowest BCUT2D eigenvalue weighted by atomic mass is 10.1. The summed E-state index contributed by atoms with van der Waals surface area (Å²) < 4.78 is 4.15. The number of hydrogen-bond acceptors (Lipinski definition) is 5. The highest BCUT2D eigenvalue weighted by atomic mass is 32.1. The van der Waals surface area contributed by atoms with E-state index in [2.05, 4.69) is 46.3 Å². The summed E-state index contributed by atoms with van der Waals surface area (Å²) in [5, 5.41) is 10.1. The normalized spacial score (nSPS) is 12.7. The zero-order chi connectivity index (χ0) is 13.5. The summed E-state index contributed by atoms with van der Waals surface area (Å²) >= 11 is 3.38. The van der Waals surface area contributed by atoms with Crippen LogP contribution in [0.3, 0.4) is 0 Å². The van der Waals surface area contributed by atoms with Gasteiger partial charge in [-0.15, -0.1) is 16.4 Å². The SMILES string of the molecule is CCCNC(Cc1cccs1)c1snnc1CCC. The van der Waals surface area contributed by atoms with E-state index < -0.39 is 0 Å². The van der Waals surface area contributed by atoms with Gasteiger partial charge in [0.15, 0.2) is 0 Å². The molecule has 0 saturated carbocycles. The minimum atomic E-state index is 0.361. The monoisotopic (exact) mass is 295 g/mol. The molecule has 0 saturated heterocycles. The van der Waals surface area contributed by atoms with E-state index in [1.807, 2.05) is 11.3 Å². The van der Waals surface area contributed by atoms with Gasteiger partial charge in [-0.05, 0) is 42.4 Å². The predicted molar refractivity (Wildman–Crippen MR) is 83.0 cm³/mol. The Bertz CT molecular complexity index is 465. The van der Waals surface area contributed by atoms with Gasteiger partial charge in [-0.25, -0.2) is 0 Å². The Morgan fingerprint density at radius 2 is 2.21 bits per heavy atom. The molecule has 2 rings (SSSR count). The van der Waals surface area contributed by atoms with Gasteiger partial charge in [0.1, 0.15) is 0 Å². The zero-order valence-corrected chi connectivity index (χ0v) is 13.2. The molecule has 0 radical (unpaired) electrons. The Balaban J connectivity index is 2.13. The first-order chi connectivity index (χ1) is 9.35. The third kappa shape index (κ3) is 4.09. The van der Waals surface area contributed by atoms with Gasteiger partial charge in [-0.3, -0.25) is 0 Å². The van der Waals surface area contributed by atoms with Crippen LogP contribution < -0.4 is 5.32 Å². The molecule has 1 atom stereocenters. The number of hydrogen-bond donors (Lipinski definition) is 1. The van der Waals surface area contributed by atoms with E-state index in [1.54, 1.807) is 11.5 Å². The van der Waals surface area contributed by atoms with Crippen molar-refractivity contribution in [3.63, 3.8) is 0 Å². The first-order valence-electron chi connectivity index (χ1n) is 6.92. The average molecular weight is 295 g/mol. The number of aromatic nitrogens is 2. The van der Waals surface area contributed by atoms with Crippen molar-refractivity contribution < 1.29 is 0 Å². The Morgan fingerprint density at radius 3 is 2.89 bits per heavy atom. The van der Waals surface area contributed by atoms with E-state index in [-0.39, 0.29) is 0 Å². The number of rotatable bonds is 8. The molecule has 0 aliphatic carbocycles. The maximum atomic E-state index is 4.30. The maximum Gasteiger partial charge on any atom is 0.0803 e. The summed E-state index contributed by atoms with van der Waals surface area (Å²) in [7, 11) is 0. The summed E-state index contributed by atoms with van der Waals surface area (Å²) in [6.45, 7) is 5.43. The van der Waals surface area contributed by atoms with Crippen LogP contribution in [0.15, 0.2) is 17.5 Å². The van der Waals surface area contributed by atoms with Crippen molar-refractivity contribution in [1.29, 1.82) is 0 Å². The van der Waals surface area contributed by atoms with E-state index in [0.717, 1.165) is 32.2 Å². The fourth-order valence-electron chi connectivity index (χ4n) is 2.10. The minimum Gasteiger partial charge on any atom is -0.309 e. The molecular weight excluding hydrogens is 274 g/mol. The summed E-state index contributed by atoms with van der Waals surface area (Å²) in [6, 6.07) is 4.69. The molecule has 3 nitrogen and oxygen atoms in total. The van der Waals surface area contributed by atoms with Gasteiger partial charge < -0.3 is 5.32 Å². The van der Waals surface area contributed by atoms with Gasteiger partial charge in [0.05, 0.1) is 10.6 Å². The standard InChI is InChI=1S/C14H21N3S2/c1-3-6-12-14(19-17-16-12)13(15-8-4-2)10-11-7-5-9-18-11/h5,7,9,13,15H,3-4,6,8,10H2,1-2H3. The van der Waals surface area contributed by atoms with Crippen LogP contribution in [0.1, 0.15) is 48.2 Å². The van der Waals surface area contributed by atoms with Crippen molar-refractivity contribution in [2.45, 2.75) is 45.6 Å². The number of aryl methyl sites for hydroxylation is 1. The Kier molecular flexibility index (Phi) is 5.94. The highest BCUT2D eigenvalue weighted by Gasteiger charge is 2.19. The van der Waals surface area contributed by atoms with Crippen LogP contribution in [0, 0.1) is 0 Å². The van der Waals surface area contributed by atoms with Crippen LogP contribution in [0.2, 0.25) is 0 Å². The molecule has 2 heterocycles. The maximum absolute atomic E-state index is 4.30. The van der Waals surface area contributed by atoms with Gasteiger partial charge in [0, 0.05) is 17.3 Å². The van der Waals surface area contributed by atoms with E-state index >= 15 is 0 Å². The summed E-state index contributed by atoms with van der Waals surface area (Å²) in [4.78, 5) is 2.74. The largest absolute Gasteiger partial charge is 0.309 e. The quantitative estimate of drug-likeness (QED) is 0.804. The van der Waals surface area contributed by atoms with Crippen molar-refractivity contribution in [2.24, 2.45) is 0 Å². The lowest BCUT2D eigenvalue weighted by molar-refractivity contribution is 0.534. The fraction of sp³-hybridized carbons (Fsp3) is 0.571. The van der Waals surface area contributed by atoms with Gasteiger partial charge >= 0.3 is 0 Å². The van der Waals surface area contributed by atoms with Crippen molar-refractivity contribution in [3.05, 3.63) is 33.0 Å². The topological polar surface area (TPSA) is 37.8 Å². The second-order valence-electron chi connectivity index (χ2n) is 4.62. The highest BCUT2D eigenvalue weighted by Crippen LogP contribution is 2.26. The molecule has 0 aromatic carbocycles. The van der Waals surface area contributed by atoms with Crippen LogP contribution in [0.4, 0.5) is 0 Å². The molecule has 0 spiro atoms. The molecule has 5 heteroatoms. The first-order valence-corrected chi connectivity index (χ1v) is 8.57. The van der Waals surface area contributed by atoms with Crippen LogP contribution in [0.25, 0.3) is 0 Å². The van der Waals surface area contributed by atoms with Crippen molar-refractivity contribution in [2.75, 3.05) is 6.54 Å². The lowest BCUT2D eigenvalue weighted by Gasteiger charge is -2.17. The second-order valence-corrected chi connectivity index (χ2v) is 6.44. The Hall–Kier alpha value is -0.780. The van der Waals surface area contributed by atoms with Gasteiger partial charge in [0.2, 0.25) is 0 Å². The summed E-state index contributed by atoms with van der Waals surface area (Å²) in [6.07, 6.45) is 4.34. The first kappa shape index (κ1) is 14.6. The predicted octanol–water partition coefficient (Wildman–Crippen LogP) is 3.84. The third-order valence-electron chi connectivity index (χ3n) is 3.01. The van der Waals surface area contributed by atoms with E-state index in [9.17, 15) is 0 Å². The molecule has 0 amide bonds. The highest BCUT2D eigenvalue weighted by molar-refractivity contribution is 7.10. The Labute approximate surface area is 123 Å². The zero-order valence-electron chi connectivity index (χ0n) is 11.6. The molecule has 1 unspecified atom stereocenters. The molecule has 1 N–H and O–H groups in total. The van der Waals surface area contributed by atoms with Crippen molar-refractivity contribution >= 4 is 22.9 Å². The van der Waals surface area contributed by atoms with Crippen LogP contribution in [-0.4, -0.2) is 16.1 Å². The van der Waals surface area contributed by atoms with E-state index in [0.29, 0.717) is 6.04 Å². The number of nitrogens with one attached hydrogen (secondary N) is 1. The second kappa shape index (κ2) is 7.72. The fourth-order valence-corrected chi connectivity index (χ4v) is 3.62. The van der Waals surface area contributed by atoms with Crippen LogP contribution >= 0.6 is 22.9 Å². The molecule has 2 aromatic rings. The molecule has 0 fully saturated rings. The lowest BCUT2D eigenvalue weighted by Crippen LogP contribution is -2.24. The van der Waals surface area contributed by atoms with Gasteiger partial charge in [-0.2, -0.15) is 0 Å². The van der Waals surface area contributed by atoms with Gasteiger partial charge in [-0.1, -0.05) is 30.8 Å². The molecular formula is C14H21N3S2. The molecule has 0 aliphatic rings. The number of nitrogens with zero attached hydrogens (tertiary/aromatic N) is 2. The van der Waals surface area contributed by atoms with Crippen LogP contribution in [0.5, 0.6) is 0 Å². The van der Waals surface area contributed by atoms with E-state index in [1.165, 1.54) is 15.4 Å². The van der Waals surface area contributed by atoms with Gasteiger partial charge in [0.25, 0.3) is 0 Å². The smallest absolute Gasteiger partial charge is 0.0803 e.